The molecule has 0 atom stereocenters. The fourth-order valence-electron chi connectivity index (χ4n) is 3.62. The first-order chi connectivity index (χ1) is 11.4. The molecule has 1 aromatic rings. The first-order valence-corrected chi connectivity index (χ1v) is 8.76. The Morgan fingerprint density at radius 1 is 1.38 bits per heavy atom. The largest absolute Gasteiger partial charge is 0.451 e. The van der Waals surface area contributed by atoms with Crippen molar-refractivity contribution < 1.29 is 14.3 Å². The normalized spacial score (nSPS) is 26.6. The van der Waals surface area contributed by atoms with Gasteiger partial charge in [0.2, 0.25) is 0 Å². The highest BCUT2D eigenvalue weighted by Gasteiger charge is 2.50. The smallest absolute Gasteiger partial charge is 0.335 e. The molecular formula is C19H22ClNO3. The number of benzene rings is 1. The molecule has 1 aliphatic carbocycles. The summed E-state index contributed by atoms with van der Waals surface area (Å²) >= 11 is 5.97. The van der Waals surface area contributed by atoms with Gasteiger partial charge in [-0.2, -0.15) is 0 Å². The van der Waals surface area contributed by atoms with Gasteiger partial charge in [0.25, 0.3) is 5.91 Å². The number of amides is 1. The minimum atomic E-state index is -0.730. The zero-order chi connectivity index (χ0) is 17.3. The molecule has 1 aromatic carbocycles. The van der Waals surface area contributed by atoms with Crippen molar-refractivity contribution in [3.05, 3.63) is 46.0 Å². The van der Waals surface area contributed by atoms with Crippen LogP contribution in [0.4, 0.5) is 0 Å². The van der Waals surface area contributed by atoms with Gasteiger partial charge >= 0.3 is 5.97 Å². The van der Waals surface area contributed by atoms with E-state index in [0.717, 1.165) is 31.2 Å². The summed E-state index contributed by atoms with van der Waals surface area (Å²) in [5.74, 6) is 0.0244. The zero-order valence-electron chi connectivity index (χ0n) is 14.0. The molecule has 0 radical (unpaired) electrons. The van der Waals surface area contributed by atoms with Crippen molar-refractivity contribution in [2.45, 2.75) is 51.7 Å². The fraction of sp³-hybridized carbons (Fsp3) is 0.474. The van der Waals surface area contributed by atoms with Crippen molar-refractivity contribution in [2.24, 2.45) is 5.92 Å². The number of hydrogen-bond acceptors (Lipinski definition) is 3. The molecule has 0 unspecified atom stereocenters. The Kier molecular flexibility index (Phi) is 4.68. The van der Waals surface area contributed by atoms with Gasteiger partial charge in [-0.1, -0.05) is 30.7 Å². The van der Waals surface area contributed by atoms with Crippen LogP contribution in [0, 0.1) is 5.92 Å². The van der Waals surface area contributed by atoms with E-state index in [1.54, 1.807) is 13.0 Å². The van der Waals surface area contributed by atoms with E-state index < -0.39 is 5.60 Å². The molecule has 5 heteroatoms. The number of ether oxygens (including phenoxy) is 1. The van der Waals surface area contributed by atoms with Gasteiger partial charge in [0, 0.05) is 17.1 Å². The van der Waals surface area contributed by atoms with Crippen LogP contribution < -0.4 is 5.32 Å². The number of carbonyl (C=O) groups excluding carboxylic acids is 2. The average molecular weight is 348 g/mol. The molecule has 1 saturated carbocycles. The van der Waals surface area contributed by atoms with Crippen LogP contribution in [0.3, 0.4) is 0 Å². The van der Waals surface area contributed by atoms with Crippen LogP contribution in [0.25, 0.3) is 0 Å². The molecule has 1 N–H and O–H groups in total. The van der Waals surface area contributed by atoms with E-state index in [0.29, 0.717) is 28.6 Å². The lowest BCUT2D eigenvalue weighted by Crippen LogP contribution is -2.42. The average Bonchev–Trinajstić information content (AvgIpc) is 2.79. The number of carbonyl (C=O) groups is 2. The van der Waals surface area contributed by atoms with E-state index in [1.165, 1.54) is 0 Å². The monoisotopic (exact) mass is 347 g/mol. The van der Waals surface area contributed by atoms with Gasteiger partial charge in [-0.15, -0.1) is 0 Å². The van der Waals surface area contributed by atoms with Crippen LogP contribution in [0.15, 0.2) is 35.4 Å². The van der Waals surface area contributed by atoms with Gasteiger partial charge in [0.15, 0.2) is 0 Å². The van der Waals surface area contributed by atoms with E-state index in [1.807, 2.05) is 18.2 Å². The standard InChI is InChI=1S/C19H22ClNO3/c1-12-6-8-19(9-7-12)16(13(2)18(23)24-19)17(22)21-11-14-4-3-5-15(20)10-14/h3-5,10,12H,6-9,11H2,1-2H3,(H,21,22). The Labute approximate surface area is 147 Å². The van der Waals surface area contributed by atoms with Crippen LogP contribution in [-0.4, -0.2) is 17.5 Å². The maximum atomic E-state index is 12.8. The number of esters is 1. The van der Waals surface area contributed by atoms with Crippen LogP contribution in [0.2, 0.25) is 5.02 Å². The van der Waals surface area contributed by atoms with Crippen LogP contribution in [0.1, 0.15) is 45.1 Å². The Balaban J connectivity index is 1.77. The first kappa shape index (κ1) is 17.0. The molecule has 0 saturated heterocycles. The molecule has 1 fully saturated rings. The van der Waals surface area contributed by atoms with Gasteiger partial charge < -0.3 is 10.1 Å². The summed E-state index contributed by atoms with van der Waals surface area (Å²) in [6.07, 6.45) is 3.37. The number of halogens is 1. The van der Waals surface area contributed by atoms with Crippen molar-refractivity contribution in [1.29, 1.82) is 0 Å². The highest BCUT2D eigenvalue weighted by molar-refractivity contribution is 6.30. The maximum Gasteiger partial charge on any atom is 0.335 e. The Morgan fingerprint density at radius 3 is 2.75 bits per heavy atom. The Morgan fingerprint density at radius 2 is 2.08 bits per heavy atom. The van der Waals surface area contributed by atoms with Crippen LogP contribution in [0.5, 0.6) is 0 Å². The lowest BCUT2D eigenvalue weighted by molar-refractivity contribution is -0.150. The third-order valence-corrected chi connectivity index (χ3v) is 5.31. The van der Waals surface area contributed by atoms with Crippen molar-refractivity contribution in [2.75, 3.05) is 0 Å². The molecule has 3 rings (SSSR count). The fourth-order valence-corrected chi connectivity index (χ4v) is 3.84. The Hall–Kier alpha value is -1.81. The summed E-state index contributed by atoms with van der Waals surface area (Å²) in [5, 5.41) is 3.55. The van der Waals surface area contributed by atoms with Crippen molar-refractivity contribution in [3.8, 4) is 0 Å². The van der Waals surface area contributed by atoms with Gasteiger partial charge in [-0.05, 0) is 56.2 Å². The van der Waals surface area contributed by atoms with Crippen LogP contribution in [-0.2, 0) is 20.9 Å². The van der Waals surface area contributed by atoms with Crippen molar-refractivity contribution in [1.82, 2.24) is 5.32 Å². The summed E-state index contributed by atoms with van der Waals surface area (Å²) in [4.78, 5) is 24.9. The lowest BCUT2D eigenvalue weighted by atomic mass is 9.75. The number of hydrogen-bond donors (Lipinski definition) is 1. The highest BCUT2D eigenvalue weighted by Crippen LogP contribution is 2.45. The molecule has 24 heavy (non-hydrogen) atoms. The summed E-state index contributed by atoms with van der Waals surface area (Å²) in [6, 6.07) is 7.36. The zero-order valence-corrected chi connectivity index (χ0v) is 14.8. The lowest BCUT2D eigenvalue weighted by Gasteiger charge is -2.36. The second-order valence-electron chi connectivity index (χ2n) is 6.88. The van der Waals surface area contributed by atoms with Gasteiger partial charge in [0.05, 0.1) is 5.57 Å². The summed E-state index contributed by atoms with van der Waals surface area (Å²) in [7, 11) is 0. The van der Waals surface area contributed by atoms with Crippen molar-refractivity contribution in [3.63, 3.8) is 0 Å². The third kappa shape index (κ3) is 3.20. The van der Waals surface area contributed by atoms with E-state index in [4.69, 9.17) is 16.3 Å². The second-order valence-corrected chi connectivity index (χ2v) is 7.32. The predicted molar refractivity (Wildman–Crippen MR) is 92.5 cm³/mol. The molecule has 4 nitrogen and oxygen atoms in total. The third-order valence-electron chi connectivity index (χ3n) is 5.08. The van der Waals surface area contributed by atoms with Gasteiger partial charge in [0.1, 0.15) is 5.60 Å². The molecule has 1 heterocycles. The maximum absolute atomic E-state index is 12.8. The predicted octanol–water partition coefficient (Wildman–Crippen LogP) is 3.78. The van der Waals surface area contributed by atoms with E-state index in [2.05, 4.69) is 12.2 Å². The molecule has 2 aliphatic rings. The van der Waals surface area contributed by atoms with E-state index in [-0.39, 0.29) is 11.9 Å². The molecule has 1 amide bonds. The minimum Gasteiger partial charge on any atom is -0.451 e. The SMILES string of the molecule is CC1=C(C(=O)NCc2cccc(Cl)c2)C2(CCC(C)CC2)OC1=O. The molecule has 0 bridgehead atoms. The number of rotatable bonds is 3. The first-order valence-electron chi connectivity index (χ1n) is 8.38. The van der Waals surface area contributed by atoms with Crippen molar-refractivity contribution >= 4 is 23.5 Å². The summed E-state index contributed by atoms with van der Waals surface area (Å²) in [6.45, 7) is 4.25. The quantitative estimate of drug-likeness (QED) is 0.846. The highest BCUT2D eigenvalue weighted by atomic mass is 35.5. The van der Waals surface area contributed by atoms with E-state index >= 15 is 0 Å². The molecule has 1 spiro atoms. The van der Waals surface area contributed by atoms with E-state index in [9.17, 15) is 9.59 Å². The minimum absolute atomic E-state index is 0.215. The summed E-state index contributed by atoms with van der Waals surface area (Å²) < 4.78 is 5.66. The summed E-state index contributed by atoms with van der Waals surface area (Å²) in [5.41, 5.74) is 1.15. The molecule has 128 valence electrons. The Bertz CT molecular complexity index is 702. The topological polar surface area (TPSA) is 55.4 Å². The molecule has 0 aromatic heterocycles. The van der Waals surface area contributed by atoms with Crippen LogP contribution >= 0.6 is 11.6 Å². The van der Waals surface area contributed by atoms with Gasteiger partial charge in [-0.3, -0.25) is 4.79 Å². The molecular weight excluding hydrogens is 326 g/mol. The number of nitrogens with one attached hydrogen (secondary N) is 1. The second kappa shape index (κ2) is 6.60. The van der Waals surface area contributed by atoms with Gasteiger partial charge in [-0.25, -0.2) is 4.79 Å². The molecule has 1 aliphatic heterocycles.